The number of halogens is 1. The highest BCUT2D eigenvalue weighted by Crippen LogP contribution is 2.40. The maximum Gasteiger partial charge on any atom is 0.126 e. The normalized spacial score (nSPS) is 22.8. The van der Waals surface area contributed by atoms with Gasteiger partial charge in [0.1, 0.15) is 5.75 Å². The summed E-state index contributed by atoms with van der Waals surface area (Å²) < 4.78 is 5.70. The first kappa shape index (κ1) is 14.6. The topological polar surface area (TPSA) is 32.7 Å². The van der Waals surface area contributed by atoms with Gasteiger partial charge in [-0.15, -0.1) is 0 Å². The minimum atomic E-state index is -0.785. The third kappa shape index (κ3) is 3.62. The van der Waals surface area contributed by atoms with Crippen molar-refractivity contribution in [2.45, 2.75) is 31.3 Å². The largest absolute Gasteiger partial charge is 0.493 e. The first-order valence-corrected chi connectivity index (χ1v) is 7.19. The van der Waals surface area contributed by atoms with Crippen LogP contribution in [0.3, 0.4) is 0 Å². The molecule has 1 N–H and O–H groups in total. The third-order valence-electron chi connectivity index (χ3n) is 3.63. The molecule has 0 amide bonds. The van der Waals surface area contributed by atoms with Crippen molar-refractivity contribution in [3.05, 3.63) is 28.8 Å². The van der Waals surface area contributed by atoms with E-state index in [0.717, 1.165) is 43.5 Å². The second-order valence-corrected chi connectivity index (χ2v) is 5.97. The lowest BCUT2D eigenvalue weighted by Gasteiger charge is -2.28. The van der Waals surface area contributed by atoms with Crippen LogP contribution in [0, 0.1) is 0 Å². The standard InChI is InChI=1S/C15H22ClNO2/c1-17(2)9-3-7-15(18)8-4-10-19-14-11-12(16)5-6-13(14)15/h5-6,11,18H,3-4,7-10H2,1-2H3. The molecule has 0 fully saturated rings. The van der Waals surface area contributed by atoms with E-state index in [1.807, 2.05) is 26.2 Å². The number of benzene rings is 1. The molecule has 0 radical (unpaired) electrons. The van der Waals surface area contributed by atoms with Crippen molar-refractivity contribution in [3.63, 3.8) is 0 Å². The predicted octanol–water partition coefficient (Wildman–Crippen LogP) is 3.04. The molecule has 4 heteroatoms. The molecule has 0 saturated heterocycles. The van der Waals surface area contributed by atoms with Crippen LogP contribution in [0.25, 0.3) is 0 Å². The molecule has 0 aliphatic carbocycles. The number of hydrogen-bond acceptors (Lipinski definition) is 3. The molecule has 19 heavy (non-hydrogen) atoms. The van der Waals surface area contributed by atoms with Crippen LogP contribution in [0.15, 0.2) is 18.2 Å². The van der Waals surface area contributed by atoms with Gasteiger partial charge in [0.15, 0.2) is 0 Å². The summed E-state index contributed by atoms with van der Waals surface area (Å²) in [6, 6.07) is 5.53. The van der Waals surface area contributed by atoms with Gasteiger partial charge in [-0.25, -0.2) is 0 Å². The summed E-state index contributed by atoms with van der Waals surface area (Å²) in [7, 11) is 4.10. The fourth-order valence-electron chi connectivity index (χ4n) is 2.63. The van der Waals surface area contributed by atoms with Crippen molar-refractivity contribution < 1.29 is 9.84 Å². The Morgan fingerprint density at radius 1 is 1.42 bits per heavy atom. The smallest absolute Gasteiger partial charge is 0.126 e. The molecule has 0 aromatic heterocycles. The maximum atomic E-state index is 11.0. The Morgan fingerprint density at radius 2 is 2.21 bits per heavy atom. The van der Waals surface area contributed by atoms with Gasteiger partial charge in [0, 0.05) is 10.6 Å². The molecular weight excluding hydrogens is 262 g/mol. The Labute approximate surface area is 120 Å². The van der Waals surface area contributed by atoms with Crippen LogP contribution in [-0.4, -0.2) is 37.3 Å². The zero-order chi connectivity index (χ0) is 13.9. The number of nitrogens with zero attached hydrogens (tertiary/aromatic N) is 1. The van der Waals surface area contributed by atoms with Gasteiger partial charge in [0.2, 0.25) is 0 Å². The molecule has 0 saturated carbocycles. The van der Waals surface area contributed by atoms with Gasteiger partial charge in [-0.2, -0.15) is 0 Å². The Morgan fingerprint density at radius 3 is 2.95 bits per heavy atom. The summed E-state index contributed by atoms with van der Waals surface area (Å²) in [4.78, 5) is 2.14. The zero-order valence-electron chi connectivity index (χ0n) is 11.7. The molecule has 1 unspecified atom stereocenters. The van der Waals surface area contributed by atoms with Gasteiger partial charge in [-0.1, -0.05) is 17.7 Å². The Bertz CT molecular complexity index is 436. The second kappa shape index (κ2) is 6.12. The van der Waals surface area contributed by atoms with Crippen LogP contribution < -0.4 is 4.74 Å². The molecule has 1 aliphatic rings. The number of aliphatic hydroxyl groups is 1. The van der Waals surface area contributed by atoms with Crippen molar-refractivity contribution in [1.82, 2.24) is 4.90 Å². The summed E-state index contributed by atoms with van der Waals surface area (Å²) in [6.07, 6.45) is 3.33. The van der Waals surface area contributed by atoms with Gasteiger partial charge >= 0.3 is 0 Å². The molecule has 0 bridgehead atoms. The monoisotopic (exact) mass is 283 g/mol. The van der Waals surface area contributed by atoms with Gasteiger partial charge in [0.05, 0.1) is 12.2 Å². The van der Waals surface area contributed by atoms with E-state index in [-0.39, 0.29) is 0 Å². The van der Waals surface area contributed by atoms with Crippen LogP contribution in [0.5, 0.6) is 5.75 Å². The van der Waals surface area contributed by atoms with E-state index in [4.69, 9.17) is 16.3 Å². The summed E-state index contributed by atoms with van der Waals surface area (Å²) in [6.45, 7) is 1.62. The van der Waals surface area contributed by atoms with E-state index in [1.165, 1.54) is 0 Å². The predicted molar refractivity (Wildman–Crippen MR) is 77.9 cm³/mol. The van der Waals surface area contributed by atoms with Crippen LogP contribution in [-0.2, 0) is 5.60 Å². The van der Waals surface area contributed by atoms with Gasteiger partial charge in [-0.05, 0) is 58.5 Å². The molecule has 1 atom stereocenters. The first-order valence-electron chi connectivity index (χ1n) is 6.81. The molecule has 3 nitrogen and oxygen atoms in total. The summed E-state index contributed by atoms with van der Waals surface area (Å²) in [5.41, 5.74) is 0.0973. The molecule has 1 aromatic rings. The van der Waals surface area contributed by atoms with Crippen molar-refractivity contribution in [3.8, 4) is 5.75 Å². The van der Waals surface area contributed by atoms with E-state index in [2.05, 4.69) is 4.90 Å². The van der Waals surface area contributed by atoms with E-state index >= 15 is 0 Å². The number of fused-ring (bicyclic) bond motifs is 1. The summed E-state index contributed by atoms with van der Waals surface area (Å²) in [5.74, 6) is 0.734. The second-order valence-electron chi connectivity index (χ2n) is 5.53. The molecule has 106 valence electrons. The minimum Gasteiger partial charge on any atom is -0.493 e. The lowest BCUT2D eigenvalue weighted by Crippen LogP contribution is -2.27. The highest BCUT2D eigenvalue weighted by molar-refractivity contribution is 6.30. The fraction of sp³-hybridized carbons (Fsp3) is 0.600. The van der Waals surface area contributed by atoms with E-state index in [0.29, 0.717) is 11.6 Å². The highest BCUT2D eigenvalue weighted by atomic mass is 35.5. The van der Waals surface area contributed by atoms with Gasteiger partial charge in [0.25, 0.3) is 0 Å². The van der Waals surface area contributed by atoms with Crippen LogP contribution >= 0.6 is 11.6 Å². The number of hydrogen-bond donors (Lipinski definition) is 1. The Hall–Kier alpha value is -0.770. The third-order valence-corrected chi connectivity index (χ3v) is 3.87. The molecule has 1 aromatic carbocycles. The maximum absolute atomic E-state index is 11.0. The van der Waals surface area contributed by atoms with Crippen molar-refractivity contribution in [2.24, 2.45) is 0 Å². The Kier molecular flexibility index (Phi) is 4.71. The van der Waals surface area contributed by atoms with Crippen molar-refractivity contribution in [2.75, 3.05) is 27.2 Å². The lowest BCUT2D eigenvalue weighted by molar-refractivity contribution is 0.0157. The van der Waals surface area contributed by atoms with Crippen molar-refractivity contribution >= 4 is 11.6 Å². The zero-order valence-corrected chi connectivity index (χ0v) is 12.4. The molecular formula is C15H22ClNO2. The van der Waals surface area contributed by atoms with E-state index in [1.54, 1.807) is 6.07 Å². The number of ether oxygens (including phenoxy) is 1. The molecule has 1 heterocycles. The lowest BCUT2D eigenvalue weighted by atomic mass is 9.85. The fourth-order valence-corrected chi connectivity index (χ4v) is 2.79. The number of rotatable bonds is 4. The summed E-state index contributed by atoms with van der Waals surface area (Å²) >= 11 is 6.00. The van der Waals surface area contributed by atoms with Crippen molar-refractivity contribution in [1.29, 1.82) is 0 Å². The summed E-state index contributed by atoms with van der Waals surface area (Å²) in [5, 5.41) is 11.6. The first-order chi connectivity index (χ1) is 9.01. The average molecular weight is 284 g/mol. The molecule has 2 rings (SSSR count). The van der Waals surface area contributed by atoms with Gasteiger partial charge in [-0.3, -0.25) is 0 Å². The van der Waals surface area contributed by atoms with Crippen LogP contribution in [0.2, 0.25) is 5.02 Å². The highest BCUT2D eigenvalue weighted by Gasteiger charge is 2.33. The molecule has 1 aliphatic heterocycles. The average Bonchev–Trinajstić information content (AvgIpc) is 2.48. The van der Waals surface area contributed by atoms with E-state index < -0.39 is 5.60 Å². The quantitative estimate of drug-likeness (QED) is 0.922. The van der Waals surface area contributed by atoms with E-state index in [9.17, 15) is 5.11 Å². The minimum absolute atomic E-state index is 0.642. The Balaban J connectivity index is 2.20. The van der Waals surface area contributed by atoms with Crippen LogP contribution in [0.4, 0.5) is 0 Å². The molecule has 0 spiro atoms. The van der Waals surface area contributed by atoms with Gasteiger partial charge < -0.3 is 14.7 Å². The SMILES string of the molecule is CN(C)CCCC1(O)CCCOc2cc(Cl)ccc21. The van der Waals surface area contributed by atoms with Crippen LogP contribution in [0.1, 0.15) is 31.2 Å².